The lowest BCUT2D eigenvalue weighted by Crippen LogP contribution is -2.44. The van der Waals surface area contributed by atoms with E-state index in [0.717, 1.165) is 30.6 Å². The summed E-state index contributed by atoms with van der Waals surface area (Å²) in [4.78, 5) is 14.1. The minimum Gasteiger partial charge on any atom is -0.491 e. The molecule has 0 aromatic heterocycles. The number of amides is 1. The fourth-order valence-corrected chi connectivity index (χ4v) is 2.30. The molecule has 2 N–H and O–H groups in total. The Balaban J connectivity index is 2.03. The van der Waals surface area contributed by atoms with Gasteiger partial charge in [0.1, 0.15) is 12.4 Å². The lowest BCUT2D eigenvalue weighted by atomic mass is 10.1. The lowest BCUT2D eigenvalue weighted by molar-refractivity contribution is -0.133. The number of unbranched alkanes of at least 4 members (excludes halogenated alkanes) is 1. The van der Waals surface area contributed by atoms with Crippen LogP contribution in [-0.2, 0) is 11.3 Å². The van der Waals surface area contributed by atoms with Gasteiger partial charge in [-0.1, -0.05) is 38.0 Å². The van der Waals surface area contributed by atoms with Crippen molar-refractivity contribution in [3.63, 3.8) is 0 Å². The maximum Gasteiger partial charge on any atom is 0.239 e. The molecule has 1 aromatic carbocycles. The third-order valence-electron chi connectivity index (χ3n) is 3.45. The van der Waals surface area contributed by atoms with Crippen LogP contribution in [-0.4, -0.2) is 30.0 Å². The average molecular weight is 262 g/mol. The fourth-order valence-electron chi connectivity index (χ4n) is 2.30. The first-order valence-corrected chi connectivity index (χ1v) is 6.97. The van der Waals surface area contributed by atoms with Crippen molar-refractivity contribution in [3.05, 3.63) is 29.8 Å². The van der Waals surface area contributed by atoms with Crippen LogP contribution in [0.5, 0.6) is 5.75 Å². The molecule has 0 spiro atoms. The molecule has 0 saturated carbocycles. The molecule has 1 heterocycles. The maximum absolute atomic E-state index is 12.3. The van der Waals surface area contributed by atoms with Gasteiger partial charge in [0.2, 0.25) is 5.91 Å². The first-order chi connectivity index (χ1) is 9.22. The minimum absolute atomic E-state index is 0.0359. The van der Waals surface area contributed by atoms with Crippen LogP contribution in [0.3, 0.4) is 0 Å². The highest BCUT2D eigenvalue weighted by Crippen LogP contribution is 2.22. The summed E-state index contributed by atoms with van der Waals surface area (Å²) in [5.74, 6) is 0.911. The van der Waals surface area contributed by atoms with Gasteiger partial charge in [0, 0.05) is 12.1 Å². The number of fused-ring (bicyclic) bond motifs is 1. The molecule has 1 atom stereocenters. The quantitative estimate of drug-likeness (QED) is 0.902. The zero-order valence-electron chi connectivity index (χ0n) is 11.5. The normalized spacial score (nSPS) is 16.2. The van der Waals surface area contributed by atoms with Crippen molar-refractivity contribution < 1.29 is 9.53 Å². The lowest BCUT2D eigenvalue weighted by Gasteiger charge is -2.23. The molecule has 1 aromatic rings. The highest BCUT2D eigenvalue weighted by Gasteiger charge is 2.23. The molecule has 1 aliphatic heterocycles. The molecule has 1 aliphatic rings. The predicted octanol–water partition coefficient (Wildman–Crippen LogP) is 1.93. The van der Waals surface area contributed by atoms with E-state index in [1.54, 1.807) is 0 Å². The molecule has 19 heavy (non-hydrogen) atoms. The second-order valence-electron chi connectivity index (χ2n) is 4.96. The maximum atomic E-state index is 12.3. The number of nitrogens with two attached hydrogens (primary N) is 1. The largest absolute Gasteiger partial charge is 0.491 e. The van der Waals surface area contributed by atoms with Crippen LogP contribution in [0, 0.1) is 0 Å². The van der Waals surface area contributed by atoms with E-state index in [9.17, 15) is 4.79 Å². The zero-order valence-corrected chi connectivity index (χ0v) is 11.5. The Morgan fingerprint density at radius 3 is 3.05 bits per heavy atom. The van der Waals surface area contributed by atoms with Crippen LogP contribution >= 0.6 is 0 Å². The van der Waals surface area contributed by atoms with Gasteiger partial charge in [-0.2, -0.15) is 0 Å². The zero-order chi connectivity index (χ0) is 13.7. The van der Waals surface area contributed by atoms with Crippen LogP contribution in [0.15, 0.2) is 24.3 Å². The number of hydrogen-bond acceptors (Lipinski definition) is 3. The van der Waals surface area contributed by atoms with Crippen LogP contribution < -0.4 is 10.5 Å². The Hall–Kier alpha value is -1.55. The number of ether oxygens (including phenoxy) is 1. The van der Waals surface area contributed by atoms with Crippen LogP contribution in [0.1, 0.15) is 31.7 Å². The van der Waals surface area contributed by atoms with Crippen molar-refractivity contribution in [1.29, 1.82) is 0 Å². The third-order valence-corrected chi connectivity index (χ3v) is 3.45. The Morgan fingerprint density at radius 1 is 1.47 bits per heavy atom. The number of hydrogen-bond donors (Lipinski definition) is 1. The number of carbonyl (C=O) groups excluding carboxylic acids is 1. The van der Waals surface area contributed by atoms with Crippen LogP contribution in [0.25, 0.3) is 0 Å². The first-order valence-electron chi connectivity index (χ1n) is 6.97. The summed E-state index contributed by atoms with van der Waals surface area (Å²) < 4.78 is 5.66. The van der Waals surface area contributed by atoms with Gasteiger partial charge in [-0.05, 0) is 12.5 Å². The van der Waals surface area contributed by atoms with E-state index < -0.39 is 0 Å². The number of carbonyl (C=O) groups is 1. The van der Waals surface area contributed by atoms with Crippen LogP contribution in [0.4, 0.5) is 0 Å². The molecule has 4 nitrogen and oxygen atoms in total. The highest BCUT2D eigenvalue weighted by molar-refractivity contribution is 5.81. The minimum atomic E-state index is -0.384. The molecule has 4 heteroatoms. The van der Waals surface area contributed by atoms with Crippen molar-refractivity contribution in [2.75, 3.05) is 13.2 Å². The molecule has 0 aliphatic carbocycles. The van der Waals surface area contributed by atoms with Gasteiger partial charge in [-0.25, -0.2) is 0 Å². The molecule has 104 valence electrons. The summed E-state index contributed by atoms with van der Waals surface area (Å²) in [6.45, 7) is 3.83. The van der Waals surface area contributed by atoms with Crippen molar-refractivity contribution in [1.82, 2.24) is 4.90 Å². The van der Waals surface area contributed by atoms with Crippen molar-refractivity contribution in [3.8, 4) is 5.75 Å². The average Bonchev–Trinajstić information content (AvgIpc) is 2.66. The van der Waals surface area contributed by atoms with Gasteiger partial charge in [0.25, 0.3) is 0 Å². The molecule has 0 fully saturated rings. The molecule has 0 unspecified atom stereocenters. The Labute approximate surface area is 114 Å². The van der Waals surface area contributed by atoms with Crippen molar-refractivity contribution in [2.45, 2.75) is 38.8 Å². The van der Waals surface area contributed by atoms with Crippen molar-refractivity contribution >= 4 is 5.91 Å². The molecular weight excluding hydrogens is 240 g/mol. The van der Waals surface area contributed by atoms with E-state index in [0.29, 0.717) is 19.7 Å². The van der Waals surface area contributed by atoms with E-state index in [4.69, 9.17) is 10.5 Å². The molecule has 0 saturated heterocycles. The monoisotopic (exact) mass is 262 g/mol. The Kier molecular flexibility index (Phi) is 4.80. The van der Waals surface area contributed by atoms with E-state index in [1.165, 1.54) is 0 Å². The van der Waals surface area contributed by atoms with Gasteiger partial charge >= 0.3 is 0 Å². The van der Waals surface area contributed by atoms with E-state index in [-0.39, 0.29) is 11.9 Å². The van der Waals surface area contributed by atoms with Gasteiger partial charge in [0.05, 0.1) is 12.6 Å². The third kappa shape index (κ3) is 3.47. The summed E-state index contributed by atoms with van der Waals surface area (Å²) in [5.41, 5.74) is 7.02. The standard InChI is InChI=1S/C15H22N2O2/c1-2-3-7-13(16)15(18)17-9-10-19-14-8-5-4-6-12(14)11-17/h4-6,8,13H,2-3,7,9-11,16H2,1H3/t13-/m0/s1. The summed E-state index contributed by atoms with van der Waals surface area (Å²) in [7, 11) is 0. The van der Waals surface area contributed by atoms with E-state index in [1.807, 2.05) is 29.2 Å². The second kappa shape index (κ2) is 6.57. The van der Waals surface area contributed by atoms with Gasteiger partial charge < -0.3 is 15.4 Å². The molecule has 2 rings (SSSR count). The second-order valence-corrected chi connectivity index (χ2v) is 4.96. The number of benzene rings is 1. The number of nitrogens with zero attached hydrogens (tertiary/aromatic N) is 1. The van der Waals surface area contributed by atoms with E-state index >= 15 is 0 Å². The van der Waals surface area contributed by atoms with Gasteiger partial charge in [-0.15, -0.1) is 0 Å². The predicted molar refractivity (Wildman–Crippen MR) is 74.9 cm³/mol. The SMILES string of the molecule is CCCC[C@H](N)C(=O)N1CCOc2ccccc2C1. The Bertz CT molecular complexity index is 434. The van der Waals surface area contributed by atoms with E-state index in [2.05, 4.69) is 6.92 Å². The summed E-state index contributed by atoms with van der Waals surface area (Å²) in [6.07, 6.45) is 2.81. The fraction of sp³-hybridized carbons (Fsp3) is 0.533. The summed E-state index contributed by atoms with van der Waals surface area (Å²) >= 11 is 0. The van der Waals surface area contributed by atoms with Crippen LogP contribution in [0.2, 0.25) is 0 Å². The summed E-state index contributed by atoms with van der Waals surface area (Å²) in [5, 5.41) is 0. The van der Waals surface area contributed by atoms with Gasteiger partial charge in [-0.3, -0.25) is 4.79 Å². The molecule has 0 radical (unpaired) electrons. The Morgan fingerprint density at radius 2 is 2.26 bits per heavy atom. The summed E-state index contributed by atoms with van der Waals surface area (Å²) in [6, 6.07) is 7.47. The smallest absolute Gasteiger partial charge is 0.239 e. The number of para-hydroxylation sites is 1. The number of rotatable bonds is 4. The topological polar surface area (TPSA) is 55.6 Å². The van der Waals surface area contributed by atoms with Crippen molar-refractivity contribution in [2.24, 2.45) is 5.73 Å². The molecule has 1 amide bonds. The van der Waals surface area contributed by atoms with Gasteiger partial charge in [0.15, 0.2) is 0 Å². The highest BCUT2D eigenvalue weighted by atomic mass is 16.5. The first kappa shape index (κ1) is 13.9. The molecular formula is C15H22N2O2. The molecule has 0 bridgehead atoms.